The van der Waals surface area contributed by atoms with Gasteiger partial charge in [-0.3, -0.25) is 0 Å². The molecule has 0 aromatic heterocycles. The third-order valence-corrected chi connectivity index (χ3v) is 11.7. The van der Waals surface area contributed by atoms with Crippen LogP contribution in [0.25, 0.3) is 77.6 Å². The summed E-state index contributed by atoms with van der Waals surface area (Å²) in [7, 11) is 0. The van der Waals surface area contributed by atoms with Crippen molar-refractivity contribution in [3.8, 4) is 55.6 Å². The molecule has 0 unspecified atom stereocenters. The van der Waals surface area contributed by atoms with Crippen LogP contribution in [0.3, 0.4) is 0 Å². The molecule has 0 N–H and O–H groups in total. The normalized spacial score (nSPS) is 15.4. The van der Waals surface area contributed by atoms with Crippen LogP contribution in [-0.2, 0) is 5.41 Å². The van der Waals surface area contributed by atoms with Crippen molar-refractivity contribution in [2.45, 2.75) is 32.1 Å². The maximum atomic E-state index is 2.52. The molecule has 47 heavy (non-hydrogen) atoms. The highest BCUT2D eigenvalue weighted by Crippen LogP contribution is 2.53. The largest absolute Gasteiger partial charge is 0.0616 e. The monoisotopic (exact) mass is 596 g/mol. The summed E-state index contributed by atoms with van der Waals surface area (Å²) in [5, 5.41) is 5.62. The van der Waals surface area contributed by atoms with Crippen LogP contribution < -0.4 is 10.4 Å². The van der Waals surface area contributed by atoms with E-state index in [4.69, 9.17) is 0 Å². The standard InChI is InChI=1S/C47H32/c1-47(2)43-25-27(29-21-23-41-33-11-5-3-9-31(33)39-15-7-13-37(29)45(39)41)17-19-35(43)36-20-18-28(26-44(36)47)30-22-24-42-34-12-6-4-10-32(34)40-16-8-14-38(30)46(40)42/h3-21,23,25-26H,22,24H2,1-2H3. The summed E-state index contributed by atoms with van der Waals surface area (Å²) < 4.78 is 0. The van der Waals surface area contributed by atoms with Crippen molar-refractivity contribution in [2.24, 2.45) is 0 Å². The van der Waals surface area contributed by atoms with Crippen molar-refractivity contribution < 1.29 is 0 Å². The molecule has 0 bridgehead atoms. The van der Waals surface area contributed by atoms with Gasteiger partial charge in [0.25, 0.3) is 0 Å². The van der Waals surface area contributed by atoms with E-state index in [-0.39, 0.29) is 5.41 Å². The van der Waals surface area contributed by atoms with Gasteiger partial charge in [-0.25, -0.2) is 0 Å². The van der Waals surface area contributed by atoms with E-state index < -0.39 is 0 Å². The molecule has 0 heterocycles. The fraction of sp³-hybridized carbons (Fsp3) is 0.106. The summed E-state index contributed by atoms with van der Waals surface area (Å²) >= 11 is 0. The Morgan fingerprint density at radius 3 is 1.70 bits per heavy atom. The average Bonchev–Trinajstić information content (AvgIpc) is 3.70. The molecule has 0 nitrogen and oxygen atoms in total. The van der Waals surface area contributed by atoms with Crippen molar-refractivity contribution in [1.29, 1.82) is 0 Å². The first kappa shape index (κ1) is 25.7. The second-order valence-electron chi connectivity index (χ2n) is 14.3. The first-order chi connectivity index (χ1) is 23.1. The second kappa shape index (κ2) is 8.87. The zero-order chi connectivity index (χ0) is 31.0. The Bertz CT molecular complexity index is 2670. The van der Waals surface area contributed by atoms with Gasteiger partial charge in [-0.2, -0.15) is 0 Å². The molecule has 0 saturated carbocycles. The quantitative estimate of drug-likeness (QED) is 0.186. The Labute approximate surface area is 275 Å². The minimum absolute atomic E-state index is 0.0941. The number of rotatable bonds is 2. The van der Waals surface area contributed by atoms with Gasteiger partial charge in [0.2, 0.25) is 0 Å². The Kier molecular flexibility index (Phi) is 4.85. The van der Waals surface area contributed by atoms with Gasteiger partial charge in [0.1, 0.15) is 0 Å². The zero-order valence-corrected chi connectivity index (χ0v) is 26.6. The van der Waals surface area contributed by atoms with E-state index >= 15 is 0 Å². The van der Waals surface area contributed by atoms with Crippen LogP contribution in [0.5, 0.6) is 0 Å². The molecule has 4 aliphatic carbocycles. The molecule has 0 saturated heterocycles. The maximum absolute atomic E-state index is 2.52. The molecular formula is C47H32. The lowest BCUT2D eigenvalue weighted by atomic mass is 9.80. The van der Waals surface area contributed by atoms with Gasteiger partial charge in [-0.1, -0.05) is 135 Å². The lowest BCUT2D eigenvalue weighted by Crippen LogP contribution is -2.32. The van der Waals surface area contributed by atoms with Crippen molar-refractivity contribution >= 4 is 21.9 Å². The van der Waals surface area contributed by atoms with Gasteiger partial charge < -0.3 is 0 Å². The van der Waals surface area contributed by atoms with Crippen LogP contribution in [0.4, 0.5) is 0 Å². The minimum atomic E-state index is -0.0941. The number of fused-ring (bicyclic) bond motifs is 9. The molecule has 0 fully saturated rings. The Balaban J connectivity index is 1.05. The van der Waals surface area contributed by atoms with Crippen LogP contribution in [0.2, 0.25) is 0 Å². The molecule has 0 aliphatic heterocycles. The van der Waals surface area contributed by atoms with Gasteiger partial charge in [-0.05, 0) is 135 Å². The Hall–Kier alpha value is -5.46. The van der Waals surface area contributed by atoms with E-state index in [1.165, 1.54) is 110 Å². The van der Waals surface area contributed by atoms with Gasteiger partial charge >= 0.3 is 0 Å². The number of benzene rings is 7. The van der Waals surface area contributed by atoms with Crippen LogP contribution in [0.1, 0.15) is 48.9 Å². The highest BCUT2D eigenvalue weighted by molar-refractivity contribution is 6.18. The summed E-state index contributed by atoms with van der Waals surface area (Å²) in [5.41, 5.74) is 22.2. The van der Waals surface area contributed by atoms with Crippen LogP contribution in [-0.4, -0.2) is 0 Å². The SMILES string of the molecule is CC1(C)c2cc(C3=c4cccc5c4=C(CC3)c3ccccc3-5)ccc2-c2ccc(-c3ccc4c5c(cccc35)-c3ccccc3-4)cc21. The average molecular weight is 597 g/mol. The Morgan fingerprint density at radius 2 is 0.936 bits per heavy atom. The zero-order valence-electron chi connectivity index (χ0n) is 26.6. The van der Waals surface area contributed by atoms with E-state index in [9.17, 15) is 0 Å². The smallest absolute Gasteiger partial charge is 0.0159 e. The van der Waals surface area contributed by atoms with Gasteiger partial charge in [0.05, 0.1) is 0 Å². The molecule has 7 aromatic carbocycles. The second-order valence-corrected chi connectivity index (χ2v) is 14.3. The van der Waals surface area contributed by atoms with E-state index in [1.807, 2.05) is 0 Å². The molecule has 220 valence electrons. The van der Waals surface area contributed by atoms with E-state index in [0.717, 1.165) is 12.8 Å². The molecule has 0 heteroatoms. The summed E-state index contributed by atoms with van der Waals surface area (Å²) in [6.45, 7) is 4.84. The molecule has 0 atom stereocenters. The minimum Gasteiger partial charge on any atom is -0.0616 e. The fourth-order valence-electron chi connectivity index (χ4n) is 9.57. The van der Waals surface area contributed by atoms with Gasteiger partial charge in [0, 0.05) is 5.41 Å². The van der Waals surface area contributed by atoms with Crippen molar-refractivity contribution in [3.63, 3.8) is 0 Å². The molecule has 7 aromatic rings. The summed E-state index contributed by atoms with van der Waals surface area (Å²) in [6.07, 6.45) is 2.17. The van der Waals surface area contributed by atoms with Crippen LogP contribution in [0, 0.1) is 0 Å². The first-order valence-corrected chi connectivity index (χ1v) is 17.0. The number of hydrogen-bond donors (Lipinski definition) is 0. The topological polar surface area (TPSA) is 0 Å². The summed E-state index contributed by atoms with van der Waals surface area (Å²) in [5.74, 6) is 0. The molecule has 0 spiro atoms. The molecule has 0 amide bonds. The fourth-order valence-corrected chi connectivity index (χ4v) is 9.57. The maximum Gasteiger partial charge on any atom is 0.0159 e. The van der Waals surface area contributed by atoms with E-state index in [1.54, 1.807) is 0 Å². The summed E-state index contributed by atoms with van der Waals surface area (Å²) in [6, 6.07) is 50.8. The predicted octanol–water partition coefficient (Wildman–Crippen LogP) is 10.6. The molecular weight excluding hydrogens is 565 g/mol. The van der Waals surface area contributed by atoms with Crippen LogP contribution in [0.15, 0.2) is 133 Å². The lowest BCUT2D eigenvalue weighted by molar-refractivity contribution is 0.660. The third kappa shape index (κ3) is 3.23. The molecule has 11 rings (SSSR count). The summed E-state index contributed by atoms with van der Waals surface area (Å²) in [4.78, 5) is 0. The van der Waals surface area contributed by atoms with Crippen molar-refractivity contribution in [2.75, 3.05) is 0 Å². The van der Waals surface area contributed by atoms with Gasteiger partial charge in [-0.15, -0.1) is 0 Å². The highest BCUT2D eigenvalue weighted by atomic mass is 14.4. The van der Waals surface area contributed by atoms with Crippen molar-refractivity contribution in [1.82, 2.24) is 0 Å². The van der Waals surface area contributed by atoms with E-state index in [0.29, 0.717) is 0 Å². The third-order valence-electron chi connectivity index (χ3n) is 11.7. The Morgan fingerprint density at radius 1 is 0.404 bits per heavy atom. The van der Waals surface area contributed by atoms with Crippen molar-refractivity contribution in [3.05, 3.63) is 166 Å². The van der Waals surface area contributed by atoms with Crippen LogP contribution >= 0.6 is 0 Å². The van der Waals surface area contributed by atoms with Gasteiger partial charge in [0.15, 0.2) is 0 Å². The molecule has 0 radical (unpaired) electrons. The highest BCUT2D eigenvalue weighted by Gasteiger charge is 2.36. The predicted molar refractivity (Wildman–Crippen MR) is 197 cm³/mol. The number of hydrogen-bond acceptors (Lipinski definition) is 0. The van der Waals surface area contributed by atoms with E-state index in [2.05, 4.69) is 147 Å². The first-order valence-electron chi connectivity index (χ1n) is 17.0. The molecule has 4 aliphatic rings. The lowest BCUT2D eigenvalue weighted by Gasteiger charge is -2.23.